The Morgan fingerprint density at radius 2 is 1.96 bits per heavy atom. The fraction of sp³-hybridized carbons (Fsp3) is 0.100. The second-order valence-electron chi connectivity index (χ2n) is 5.48. The van der Waals surface area contributed by atoms with E-state index in [0.717, 1.165) is 17.0 Å². The second-order valence-corrected chi connectivity index (χ2v) is 5.48. The van der Waals surface area contributed by atoms with Gasteiger partial charge in [-0.15, -0.1) is 0 Å². The lowest BCUT2D eigenvalue weighted by Crippen LogP contribution is -2.22. The summed E-state index contributed by atoms with van der Waals surface area (Å²) in [7, 11) is 1.61. The largest absolute Gasteiger partial charge is 0.497 e. The fourth-order valence-electron chi connectivity index (χ4n) is 2.41. The minimum absolute atomic E-state index is 0.256. The SMILES string of the molecule is COc1cccc(-c2ccc(C(=O)NCc3cccc(F)c3)cn2)c1. The van der Waals surface area contributed by atoms with Crippen LogP contribution in [0, 0.1) is 5.82 Å². The molecule has 0 fully saturated rings. The molecule has 1 N–H and O–H groups in total. The maximum absolute atomic E-state index is 13.1. The molecular weight excluding hydrogens is 319 g/mol. The number of ether oxygens (including phenoxy) is 1. The van der Waals surface area contributed by atoms with Gasteiger partial charge in [0.1, 0.15) is 11.6 Å². The van der Waals surface area contributed by atoms with Crippen molar-refractivity contribution in [2.45, 2.75) is 6.54 Å². The van der Waals surface area contributed by atoms with E-state index in [9.17, 15) is 9.18 Å². The third kappa shape index (κ3) is 4.20. The molecule has 0 aliphatic heterocycles. The third-order valence-corrected chi connectivity index (χ3v) is 3.73. The molecule has 126 valence electrons. The Morgan fingerprint density at radius 3 is 2.68 bits per heavy atom. The van der Waals surface area contributed by atoms with Crippen LogP contribution in [0.4, 0.5) is 4.39 Å². The number of rotatable bonds is 5. The number of nitrogens with zero attached hydrogens (tertiary/aromatic N) is 1. The van der Waals surface area contributed by atoms with Crippen molar-refractivity contribution >= 4 is 5.91 Å². The summed E-state index contributed by atoms with van der Waals surface area (Å²) in [4.78, 5) is 16.5. The van der Waals surface area contributed by atoms with Crippen molar-refractivity contribution < 1.29 is 13.9 Å². The standard InChI is InChI=1S/C20H17FN2O2/c1-25-18-7-3-5-15(11-18)19-9-8-16(13-22-19)20(24)23-12-14-4-2-6-17(21)10-14/h2-11,13H,12H2,1H3,(H,23,24). The Balaban J connectivity index is 1.68. The molecule has 3 aromatic rings. The lowest BCUT2D eigenvalue weighted by molar-refractivity contribution is 0.0950. The first-order valence-corrected chi connectivity index (χ1v) is 7.79. The van der Waals surface area contributed by atoms with Crippen LogP contribution in [0.15, 0.2) is 66.9 Å². The number of amides is 1. The average Bonchev–Trinajstić information content (AvgIpc) is 2.66. The Bertz CT molecular complexity index is 879. The van der Waals surface area contributed by atoms with Crippen LogP contribution in [-0.2, 0) is 6.54 Å². The number of aromatic nitrogens is 1. The molecule has 1 amide bonds. The number of carbonyl (C=O) groups excluding carboxylic acids is 1. The molecule has 5 heteroatoms. The number of nitrogens with one attached hydrogen (secondary N) is 1. The molecule has 1 aromatic heterocycles. The zero-order chi connectivity index (χ0) is 17.6. The van der Waals surface area contributed by atoms with Crippen LogP contribution in [0.5, 0.6) is 5.75 Å². The molecule has 0 aliphatic carbocycles. The summed E-state index contributed by atoms with van der Waals surface area (Å²) in [5.41, 5.74) is 2.81. The van der Waals surface area contributed by atoms with Crippen LogP contribution in [0.3, 0.4) is 0 Å². The highest BCUT2D eigenvalue weighted by Gasteiger charge is 2.08. The van der Waals surface area contributed by atoms with Crippen LogP contribution in [-0.4, -0.2) is 18.0 Å². The summed E-state index contributed by atoms with van der Waals surface area (Å²) in [6.07, 6.45) is 1.52. The molecular formula is C20H17FN2O2. The van der Waals surface area contributed by atoms with Gasteiger partial charge in [-0.3, -0.25) is 9.78 Å². The number of benzene rings is 2. The van der Waals surface area contributed by atoms with E-state index in [1.807, 2.05) is 24.3 Å². The summed E-state index contributed by atoms with van der Waals surface area (Å²) in [6.45, 7) is 0.258. The molecule has 4 nitrogen and oxygen atoms in total. The zero-order valence-electron chi connectivity index (χ0n) is 13.7. The van der Waals surface area contributed by atoms with Crippen LogP contribution in [0.2, 0.25) is 0 Å². The predicted molar refractivity (Wildman–Crippen MR) is 93.8 cm³/mol. The van der Waals surface area contributed by atoms with Crippen molar-refractivity contribution in [1.29, 1.82) is 0 Å². The molecule has 0 unspecified atom stereocenters. The second kappa shape index (κ2) is 7.57. The van der Waals surface area contributed by atoms with Gasteiger partial charge in [0.25, 0.3) is 5.91 Å². The van der Waals surface area contributed by atoms with Gasteiger partial charge in [0.2, 0.25) is 0 Å². The summed E-state index contributed by atoms with van der Waals surface area (Å²) in [5.74, 6) is 0.168. The van der Waals surface area contributed by atoms with Gasteiger partial charge in [0.15, 0.2) is 0 Å². The molecule has 0 aliphatic rings. The Hall–Kier alpha value is -3.21. The Kier molecular flexibility index (Phi) is 5.04. The average molecular weight is 336 g/mol. The molecule has 2 aromatic carbocycles. The first-order valence-electron chi connectivity index (χ1n) is 7.79. The normalized spacial score (nSPS) is 10.3. The van der Waals surface area contributed by atoms with Crippen molar-refractivity contribution in [3.8, 4) is 17.0 Å². The van der Waals surface area contributed by atoms with E-state index in [1.54, 1.807) is 31.4 Å². The summed E-state index contributed by atoms with van der Waals surface area (Å²) in [6, 6.07) is 17.2. The first-order chi connectivity index (χ1) is 12.2. The molecule has 25 heavy (non-hydrogen) atoms. The molecule has 0 spiro atoms. The fourth-order valence-corrected chi connectivity index (χ4v) is 2.41. The maximum atomic E-state index is 13.1. The zero-order valence-corrected chi connectivity index (χ0v) is 13.7. The highest BCUT2D eigenvalue weighted by molar-refractivity contribution is 5.94. The summed E-state index contributed by atoms with van der Waals surface area (Å²) >= 11 is 0. The van der Waals surface area contributed by atoms with E-state index in [2.05, 4.69) is 10.3 Å². The predicted octanol–water partition coefficient (Wildman–Crippen LogP) is 3.83. The van der Waals surface area contributed by atoms with Crippen molar-refractivity contribution in [3.63, 3.8) is 0 Å². The first kappa shape index (κ1) is 16.6. The summed E-state index contributed by atoms with van der Waals surface area (Å²) < 4.78 is 18.3. The molecule has 0 saturated heterocycles. The van der Waals surface area contributed by atoms with Crippen LogP contribution in [0.1, 0.15) is 15.9 Å². The molecule has 0 saturated carbocycles. The van der Waals surface area contributed by atoms with Gasteiger partial charge >= 0.3 is 0 Å². The van der Waals surface area contributed by atoms with Gasteiger partial charge in [0, 0.05) is 18.3 Å². The summed E-state index contributed by atoms with van der Waals surface area (Å²) in [5, 5.41) is 2.75. The molecule has 3 rings (SSSR count). The van der Waals surface area contributed by atoms with E-state index < -0.39 is 0 Å². The lowest BCUT2D eigenvalue weighted by Gasteiger charge is -2.07. The van der Waals surface area contributed by atoms with Crippen molar-refractivity contribution in [3.05, 3.63) is 83.8 Å². The van der Waals surface area contributed by atoms with Crippen LogP contribution < -0.4 is 10.1 Å². The van der Waals surface area contributed by atoms with Gasteiger partial charge in [-0.05, 0) is 42.0 Å². The maximum Gasteiger partial charge on any atom is 0.253 e. The molecule has 1 heterocycles. The van der Waals surface area contributed by atoms with E-state index in [4.69, 9.17) is 4.74 Å². The van der Waals surface area contributed by atoms with Crippen molar-refractivity contribution in [2.75, 3.05) is 7.11 Å². The monoisotopic (exact) mass is 336 g/mol. The van der Waals surface area contributed by atoms with Crippen molar-refractivity contribution in [2.24, 2.45) is 0 Å². The van der Waals surface area contributed by atoms with E-state index in [1.165, 1.54) is 18.3 Å². The number of methoxy groups -OCH3 is 1. The van der Waals surface area contributed by atoms with Gasteiger partial charge in [-0.2, -0.15) is 0 Å². The van der Waals surface area contributed by atoms with E-state index in [-0.39, 0.29) is 18.3 Å². The van der Waals surface area contributed by atoms with E-state index >= 15 is 0 Å². The molecule has 0 atom stereocenters. The highest BCUT2D eigenvalue weighted by atomic mass is 19.1. The third-order valence-electron chi connectivity index (χ3n) is 3.73. The highest BCUT2D eigenvalue weighted by Crippen LogP contribution is 2.22. The Morgan fingerprint density at radius 1 is 1.12 bits per heavy atom. The van der Waals surface area contributed by atoms with Gasteiger partial charge in [0.05, 0.1) is 18.4 Å². The van der Waals surface area contributed by atoms with Gasteiger partial charge in [-0.25, -0.2) is 4.39 Å². The van der Waals surface area contributed by atoms with E-state index in [0.29, 0.717) is 11.1 Å². The topological polar surface area (TPSA) is 51.2 Å². The number of pyridine rings is 1. The number of halogens is 1. The molecule has 0 bridgehead atoms. The minimum Gasteiger partial charge on any atom is -0.497 e. The minimum atomic E-state index is -0.323. The number of hydrogen-bond acceptors (Lipinski definition) is 3. The number of carbonyl (C=O) groups is 1. The van der Waals surface area contributed by atoms with Crippen LogP contribution >= 0.6 is 0 Å². The van der Waals surface area contributed by atoms with Crippen LogP contribution in [0.25, 0.3) is 11.3 Å². The van der Waals surface area contributed by atoms with Crippen molar-refractivity contribution in [1.82, 2.24) is 10.3 Å². The Labute approximate surface area is 145 Å². The quantitative estimate of drug-likeness (QED) is 0.770. The lowest BCUT2D eigenvalue weighted by atomic mass is 10.1. The van der Waals surface area contributed by atoms with Gasteiger partial charge < -0.3 is 10.1 Å². The molecule has 0 radical (unpaired) electrons. The number of hydrogen-bond donors (Lipinski definition) is 1. The van der Waals surface area contributed by atoms with Gasteiger partial charge in [-0.1, -0.05) is 24.3 Å². The smallest absolute Gasteiger partial charge is 0.253 e.